The van der Waals surface area contributed by atoms with Crippen LogP contribution >= 0.6 is 11.3 Å². The Hall–Kier alpha value is -2.99. The summed E-state index contributed by atoms with van der Waals surface area (Å²) >= 11 is 1.69. The predicted octanol–water partition coefficient (Wildman–Crippen LogP) is 4.45. The largest absolute Gasteiger partial charge is 0.449 e. The van der Waals surface area contributed by atoms with E-state index in [1.165, 1.54) is 4.88 Å². The molecule has 27 heavy (non-hydrogen) atoms. The van der Waals surface area contributed by atoms with Crippen molar-refractivity contribution in [2.75, 3.05) is 31.1 Å². The number of nitrogens with one attached hydrogen (secondary N) is 1. The van der Waals surface area contributed by atoms with Crippen molar-refractivity contribution in [2.24, 2.45) is 0 Å². The lowest BCUT2D eigenvalue weighted by Gasteiger charge is -2.34. The van der Waals surface area contributed by atoms with Gasteiger partial charge in [0.15, 0.2) is 5.88 Å². The standard InChI is InChI=1S/C21H19N3O2S/c25-21(24-10-8-23(9-11-24)19-7-2-12-26-19)15-4-1-5-17-20(15)16(14-22-17)18-6-3-13-27-18/h1-7,12-14,22H,8-11H2. The maximum Gasteiger partial charge on any atom is 0.254 e. The number of H-pyrrole nitrogens is 1. The molecule has 4 heterocycles. The molecule has 0 radical (unpaired) electrons. The lowest BCUT2D eigenvalue weighted by molar-refractivity contribution is 0.0747. The summed E-state index contributed by atoms with van der Waals surface area (Å²) in [6, 6.07) is 13.9. The molecule has 1 fully saturated rings. The maximum atomic E-state index is 13.3. The van der Waals surface area contributed by atoms with Crippen LogP contribution in [-0.2, 0) is 0 Å². The molecule has 1 saturated heterocycles. The Balaban J connectivity index is 1.44. The van der Waals surface area contributed by atoms with Crippen LogP contribution in [0.2, 0.25) is 0 Å². The molecule has 1 amide bonds. The molecule has 0 unspecified atom stereocenters. The van der Waals surface area contributed by atoms with Gasteiger partial charge in [-0.05, 0) is 29.6 Å². The summed E-state index contributed by atoms with van der Waals surface area (Å²) < 4.78 is 5.48. The third-order valence-corrected chi connectivity index (χ3v) is 6.01. The Kier molecular flexibility index (Phi) is 3.98. The predicted molar refractivity (Wildman–Crippen MR) is 108 cm³/mol. The zero-order chi connectivity index (χ0) is 18.2. The van der Waals surface area contributed by atoms with Crippen LogP contribution in [0.5, 0.6) is 0 Å². The average Bonchev–Trinajstić information content (AvgIpc) is 3.48. The number of fused-ring (bicyclic) bond motifs is 1. The Morgan fingerprint density at radius 2 is 1.93 bits per heavy atom. The molecule has 1 aliphatic rings. The van der Waals surface area contributed by atoms with Crippen LogP contribution in [0.3, 0.4) is 0 Å². The van der Waals surface area contributed by atoms with Crippen molar-refractivity contribution in [3.63, 3.8) is 0 Å². The van der Waals surface area contributed by atoms with Gasteiger partial charge in [-0.1, -0.05) is 12.1 Å². The number of aromatic amines is 1. The number of hydrogen-bond donors (Lipinski definition) is 1. The molecule has 5 nitrogen and oxygen atoms in total. The van der Waals surface area contributed by atoms with Crippen molar-refractivity contribution in [3.05, 3.63) is 65.9 Å². The Morgan fingerprint density at radius 3 is 2.67 bits per heavy atom. The number of carbonyl (C=O) groups is 1. The van der Waals surface area contributed by atoms with E-state index >= 15 is 0 Å². The Morgan fingerprint density at radius 1 is 1.04 bits per heavy atom. The first-order valence-electron chi connectivity index (χ1n) is 9.03. The van der Waals surface area contributed by atoms with E-state index in [-0.39, 0.29) is 5.91 Å². The summed E-state index contributed by atoms with van der Waals surface area (Å²) in [5.74, 6) is 0.965. The van der Waals surface area contributed by atoms with Crippen LogP contribution in [0.15, 0.2) is 64.7 Å². The van der Waals surface area contributed by atoms with Crippen molar-refractivity contribution < 1.29 is 9.21 Å². The highest BCUT2D eigenvalue weighted by molar-refractivity contribution is 7.13. The summed E-state index contributed by atoms with van der Waals surface area (Å²) in [6.07, 6.45) is 3.69. The van der Waals surface area contributed by atoms with Crippen LogP contribution in [0.4, 0.5) is 5.88 Å². The number of furan rings is 1. The van der Waals surface area contributed by atoms with Crippen LogP contribution in [0.25, 0.3) is 21.3 Å². The highest BCUT2D eigenvalue weighted by Gasteiger charge is 2.25. The number of aromatic nitrogens is 1. The highest BCUT2D eigenvalue weighted by Crippen LogP contribution is 2.34. The number of benzene rings is 1. The van der Waals surface area contributed by atoms with Crippen molar-refractivity contribution >= 4 is 34.0 Å². The third-order valence-electron chi connectivity index (χ3n) is 5.11. The number of piperazine rings is 1. The molecule has 1 aromatic carbocycles. The number of anilines is 1. The second-order valence-electron chi connectivity index (χ2n) is 6.64. The van der Waals surface area contributed by atoms with Crippen LogP contribution in [0.1, 0.15) is 10.4 Å². The minimum atomic E-state index is 0.0945. The van der Waals surface area contributed by atoms with Gasteiger partial charge in [0.2, 0.25) is 0 Å². The number of rotatable bonds is 3. The van der Waals surface area contributed by atoms with Gasteiger partial charge in [-0.2, -0.15) is 0 Å². The summed E-state index contributed by atoms with van der Waals surface area (Å²) in [5.41, 5.74) is 2.86. The van der Waals surface area contributed by atoms with Gasteiger partial charge in [-0.3, -0.25) is 4.79 Å². The molecule has 0 aliphatic carbocycles. The molecule has 136 valence electrons. The SMILES string of the molecule is O=C(c1cccc2[nH]cc(-c3cccs3)c12)N1CCN(c2ccco2)CC1. The van der Waals surface area contributed by atoms with E-state index < -0.39 is 0 Å². The molecule has 1 aliphatic heterocycles. The first kappa shape index (κ1) is 16.2. The van der Waals surface area contributed by atoms with Crippen molar-refractivity contribution in [1.82, 2.24) is 9.88 Å². The molecular formula is C21H19N3O2S. The Bertz CT molecular complexity index is 1060. The van der Waals surface area contributed by atoms with Gasteiger partial charge in [-0.15, -0.1) is 11.3 Å². The summed E-state index contributed by atoms with van der Waals surface area (Å²) in [6.45, 7) is 2.93. The fraction of sp³-hybridized carbons (Fsp3) is 0.190. The van der Waals surface area contributed by atoms with Gasteiger partial charge >= 0.3 is 0 Å². The zero-order valence-electron chi connectivity index (χ0n) is 14.7. The third kappa shape index (κ3) is 2.82. The van der Waals surface area contributed by atoms with E-state index in [9.17, 15) is 4.79 Å². The number of thiophene rings is 1. The monoisotopic (exact) mass is 377 g/mol. The molecule has 0 saturated carbocycles. The lowest BCUT2D eigenvalue weighted by atomic mass is 10.0. The van der Waals surface area contributed by atoms with E-state index in [0.717, 1.165) is 41.0 Å². The summed E-state index contributed by atoms with van der Waals surface area (Å²) in [7, 11) is 0. The molecule has 0 atom stereocenters. The van der Waals surface area contributed by atoms with Gasteiger partial charge in [0, 0.05) is 65.3 Å². The van der Waals surface area contributed by atoms with E-state index in [2.05, 4.69) is 21.3 Å². The summed E-state index contributed by atoms with van der Waals surface area (Å²) in [5, 5.41) is 3.07. The molecule has 0 bridgehead atoms. The van der Waals surface area contributed by atoms with Gasteiger partial charge in [0.05, 0.1) is 6.26 Å². The molecule has 5 rings (SSSR count). The van der Waals surface area contributed by atoms with Crippen LogP contribution < -0.4 is 4.90 Å². The normalized spacial score (nSPS) is 14.8. The first-order valence-corrected chi connectivity index (χ1v) is 9.91. The van der Waals surface area contributed by atoms with Crippen molar-refractivity contribution in [1.29, 1.82) is 0 Å². The lowest BCUT2D eigenvalue weighted by Crippen LogP contribution is -2.48. The minimum Gasteiger partial charge on any atom is -0.449 e. The summed E-state index contributed by atoms with van der Waals surface area (Å²) in [4.78, 5) is 21.9. The second kappa shape index (κ2) is 6.63. The van der Waals surface area contributed by atoms with E-state index in [1.54, 1.807) is 17.6 Å². The molecule has 4 aromatic rings. The van der Waals surface area contributed by atoms with Gasteiger partial charge in [0.25, 0.3) is 5.91 Å². The van der Waals surface area contributed by atoms with Crippen LogP contribution in [-0.4, -0.2) is 42.0 Å². The number of carbonyl (C=O) groups excluding carboxylic acids is 1. The van der Waals surface area contributed by atoms with Crippen molar-refractivity contribution in [3.8, 4) is 10.4 Å². The minimum absolute atomic E-state index is 0.0945. The topological polar surface area (TPSA) is 52.5 Å². The smallest absolute Gasteiger partial charge is 0.254 e. The van der Waals surface area contributed by atoms with Crippen LogP contribution in [0, 0.1) is 0 Å². The quantitative estimate of drug-likeness (QED) is 0.574. The highest BCUT2D eigenvalue weighted by atomic mass is 32.1. The first-order chi connectivity index (χ1) is 13.3. The fourth-order valence-corrected chi connectivity index (χ4v) is 4.49. The second-order valence-corrected chi connectivity index (χ2v) is 7.59. The number of nitrogens with zero attached hydrogens (tertiary/aromatic N) is 2. The Labute approximate surface area is 160 Å². The van der Waals surface area contributed by atoms with Gasteiger partial charge in [-0.25, -0.2) is 0 Å². The van der Waals surface area contributed by atoms with E-state index in [1.807, 2.05) is 47.5 Å². The van der Waals surface area contributed by atoms with Crippen molar-refractivity contribution in [2.45, 2.75) is 0 Å². The molecule has 1 N–H and O–H groups in total. The van der Waals surface area contributed by atoms with E-state index in [0.29, 0.717) is 13.1 Å². The van der Waals surface area contributed by atoms with E-state index in [4.69, 9.17) is 4.42 Å². The fourth-order valence-electron chi connectivity index (χ4n) is 3.74. The molecule has 3 aromatic heterocycles. The maximum absolute atomic E-state index is 13.3. The molecule has 0 spiro atoms. The number of hydrogen-bond acceptors (Lipinski definition) is 4. The van der Waals surface area contributed by atoms with Gasteiger partial charge in [0.1, 0.15) is 0 Å². The van der Waals surface area contributed by atoms with Gasteiger partial charge < -0.3 is 19.2 Å². The number of amides is 1. The molecular weight excluding hydrogens is 358 g/mol. The molecule has 6 heteroatoms. The zero-order valence-corrected chi connectivity index (χ0v) is 15.5. The average molecular weight is 377 g/mol.